The number of ether oxygens (including phenoxy) is 2. The summed E-state index contributed by atoms with van der Waals surface area (Å²) in [6.07, 6.45) is 2.18. The second-order valence-electron chi connectivity index (χ2n) is 6.39. The van der Waals surface area contributed by atoms with Gasteiger partial charge in [-0.25, -0.2) is 9.69 Å². The number of cyclic esters (lactones) is 1. The molecular formula is C17H19NO4. The summed E-state index contributed by atoms with van der Waals surface area (Å²) in [5.41, 5.74) is 2.58. The Morgan fingerprint density at radius 3 is 2.86 bits per heavy atom. The van der Waals surface area contributed by atoms with E-state index in [2.05, 4.69) is 12.1 Å². The molecule has 3 aliphatic carbocycles. The van der Waals surface area contributed by atoms with Crippen molar-refractivity contribution < 1.29 is 19.1 Å². The first-order valence-corrected chi connectivity index (χ1v) is 7.82. The van der Waals surface area contributed by atoms with Crippen LogP contribution in [0.1, 0.15) is 42.2 Å². The maximum absolute atomic E-state index is 12.4. The van der Waals surface area contributed by atoms with Crippen LogP contribution in [-0.4, -0.2) is 37.2 Å². The van der Waals surface area contributed by atoms with E-state index in [-0.39, 0.29) is 11.8 Å². The normalized spacial score (nSPS) is 28.7. The van der Waals surface area contributed by atoms with E-state index in [9.17, 15) is 9.59 Å². The summed E-state index contributed by atoms with van der Waals surface area (Å²) in [4.78, 5) is 25.2. The molecule has 0 aromatic heterocycles. The molecule has 2 amide bonds. The topological polar surface area (TPSA) is 55.8 Å². The summed E-state index contributed by atoms with van der Waals surface area (Å²) in [5.74, 6) is 2.15. The Morgan fingerprint density at radius 1 is 1.36 bits per heavy atom. The highest BCUT2D eigenvalue weighted by molar-refractivity contribution is 5.93. The number of nitrogens with zero attached hydrogens (tertiary/aromatic N) is 1. The largest absolute Gasteiger partial charge is 0.497 e. The number of carbonyl (C=O) groups excluding carboxylic acids is 2. The molecule has 1 saturated heterocycles. The molecule has 1 aromatic rings. The summed E-state index contributed by atoms with van der Waals surface area (Å²) < 4.78 is 10.2. The second-order valence-corrected chi connectivity index (χ2v) is 6.39. The van der Waals surface area contributed by atoms with Gasteiger partial charge < -0.3 is 9.47 Å². The van der Waals surface area contributed by atoms with Gasteiger partial charge in [0.05, 0.1) is 13.7 Å². The van der Waals surface area contributed by atoms with E-state index >= 15 is 0 Å². The van der Waals surface area contributed by atoms with Crippen molar-refractivity contribution in [2.45, 2.75) is 31.1 Å². The molecule has 0 radical (unpaired) electrons. The molecule has 0 spiro atoms. The molecule has 0 N–H and O–H groups in total. The fourth-order valence-electron chi connectivity index (χ4n) is 4.06. The van der Waals surface area contributed by atoms with E-state index in [1.54, 1.807) is 7.11 Å². The summed E-state index contributed by atoms with van der Waals surface area (Å²) in [6, 6.07) is 6.16. The Kier molecular flexibility index (Phi) is 3.10. The predicted octanol–water partition coefficient (Wildman–Crippen LogP) is 2.65. The highest BCUT2D eigenvalue weighted by Gasteiger charge is 2.45. The van der Waals surface area contributed by atoms with Crippen LogP contribution >= 0.6 is 0 Å². The van der Waals surface area contributed by atoms with Crippen molar-refractivity contribution in [1.29, 1.82) is 0 Å². The molecular weight excluding hydrogens is 282 g/mol. The van der Waals surface area contributed by atoms with E-state index in [4.69, 9.17) is 9.47 Å². The molecule has 1 atom stereocenters. The molecule has 5 nitrogen and oxygen atoms in total. The molecule has 5 heteroatoms. The van der Waals surface area contributed by atoms with Crippen molar-refractivity contribution in [3.63, 3.8) is 0 Å². The Bertz CT molecular complexity index is 636. The molecule has 116 valence electrons. The third-order valence-electron chi connectivity index (χ3n) is 5.33. The number of benzene rings is 1. The van der Waals surface area contributed by atoms with Gasteiger partial charge in [0.2, 0.25) is 5.91 Å². The summed E-state index contributed by atoms with van der Waals surface area (Å²) in [6.45, 7) is 0.696. The predicted molar refractivity (Wildman–Crippen MR) is 78.9 cm³/mol. The molecule has 1 aromatic carbocycles. The van der Waals surface area contributed by atoms with Crippen LogP contribution in [-0.2, 0) is 9.53 Å². The lowest BCUT2D eigenvalue weighted by Crippen LogP contribution is -2.39. The van der Waals surface area contributed by atoms with Crippen LogP contribution in [0.4, 0.5) is 4.79 Å². The van der Waals surface area contributed by atoms with E-state index in [1.165, 1.54) is 16.0 Å². The minimum absolute atomic E-state index is 0.111. The Balaban J connectivity index is 1.58. The standard InChI is InChI=1S/C17H19NO4/c1-21-12-2-3-13-14(8-12)10-6-11(7-10)15(13)9-16(19)18-4-5-22-17(18)20/h2-3,8,10-11,15H,4-7,9H2,1H3. The number of hydrogen-bond acceptors (Lipinski definition) is 4. The van der Waals surface area contributed by atoms with Crippen LogP contribution < -0.4 is 4.74 Å². The quantitative estimate of drug-likeness (QED) is 0.861. The van der Waals surface area contributed by atoms with Crippen molar-refractivity contribution in [2.24, 2.45) is 5.92 Å². The van der Waals surface area contributed by atoms with Gasteiger partial charge in [-0.1, -0.05) is 6.07 Å². The fourth-order valence-corrected chi connectivity index (χ4v) is 4.06. The lowest BCUT2D eigenvalue weighted by Gasteiger charge is -2.48. The first-order valence-electron chi connectivity index (χ1n) is 7.82. The van der Waals surface area contributed by atoms with Gasteiger partial charge in [-0.3, -0.25) is 4.79 Å². The third-order valence-corrected chi connectivity index (χ3v) is 5.33. The van der Waals surface area contributed by atoms with Gasteiger partial charge in [0.15, 0.2) is 0 Å². The average molecular weight is 301 g/mol. The van der Waals surface area contributed by atoms with Crippen LogP contribution in [0.2, 0.25) is 0 Å². The van der Waals surface area contributed by atoms with Gasteiger partial charge in [-0.05, 0) is 53.9 Å². The fraction of sp³-hybridized carbons (Fsp3) is 0.529. The monoisotopic (exact) mass is 301 g/mol. The SMILES string of the molecule is COc1ccc2c(c1)C1CC(C1)C2CC(=O)N1CCOC1=O. The van der Waals surface area contributed by atoms with E-state index in [0.29, 0.717) is 31.4 Å². The van der Waals surface area contributed by atoms with Crippen LogP contribution in [0.3, 0.4) is 0 Å². The summed E-state index contributed by atoms with van der Waals surface area (Å²) >= 11 is 0. The zero-order valence-corrected chi connectivity index (χ0v) is 12.6. The van der Waals surface area contributed by atoms with Gasteiger partial charge in [0.1, 0.15) is 12.4 Å². The van der Waals surface area contributed by atoms with Gasteiger partial charge in [-0.2, -0.15) is 0 Å². The number of methoxy groups -OCH3 is 1. The van der Waals surface area contributed by atoms with Gasteiger partial charge in [0.25, 0.3) is 0 Å². The Hall–Kier alpha value is -2.04. The van der Waals surface area contributed by atoms with E-state index in [0.717, 1.165) is 18.6 Å². The number of carbonyl (C=O) groups is 2. The van der Waals surface area contributed by atoms with Crippen molar-refractivity contribution in [2.75, 3.05) is 20.3 Å². The number of hydrogen-bond donors (Lipinski definition) is 0. The van der Waals surface area contributed by atoms with Crippen molar-refractivity contribution in [3.05, 3.63) is 29.3 Å². The highest BCUT2D eigenvalue weighted by Crippen LogP contribution is 2.57. The lowest BCUT2D eigenvalue weighted by atomic mass is 9.57. The van der Waals surface area contributed by atoms with Gasteiger partial charge in [0, 0.05) is 6.42 Å². The van der Waals surface area contributed by atoms with E-state index in [1.807, 2.05) is 6.07 Å². The van der Waals surface area contributed by atoms with Crippen LogP contribution in [0.15, 0.2) is 18.2 Å². The summed E-state index contributed by atoms with van der Waals surface area (Å²) in [5, 5.41) is 0. The minimum Gasteiger partial charge on any atom is -0.497 e. The van der Waals surface area contributed by atoms with Crippen molar-refractivity contribution in [1.82, 2.24) is 4.90 Å². The van der Waals surface area contributed by atoms with Gasteiger partial charge >= 0.3 is 6.09 Å². The number of imide groups is 1. The van der Waals surface area contributed by atoms with Crippen LogP contribution in [0, 0.1) is 5.92 Å². The zero-order chi connectivity index (χ0) is 15.3. The van der Waals surface area contributed by atoms with Crippen molar-refractivity contribution >= 4 is 12.0 Å². The lowest BCUT2D eigenvalue weighted by molar-refractivity contribution is -0.128. The van der Waals surface area contributed by atoms with Crippen LogP contribution in [0.5, 0.6) is 5.75 Å². The molecule has 2 fully saturated rings. The van der Waals surface area contributed by atoms with Gasteiger partial charge in [-0.15, -0.1) is 0 Å². The van der Waals surface area contributed by atoms with E-state index < -0.39 is 6.09 Å². The first-order chi connectivity index (χ1) is 10.7. The van der Waals surface area contributed by atoms with Crippen LogP contribution in [0.25, 0.3) is 0 Å². The molecule has 1 aliphatic heterocycles. The van der Waals surface area contributed by atoms with Crippen molar-refractivity contribution in [3.8, 4) is 5.75 Å². The minimum atomic E-state index is -0.498. The molecule has 5 rings (SSSR count). The Morgan fingerprint density at radius 2 is 2.18 bits per heavy atom. The second kappa shape index (κ2) is 5.00. The zero-order valence-electron chi connectivity index (χ0n) is 12.6. The molecule has 2 bridgehead atoms. The maximum Gasteiger partial charge on any atom is 0.416 e. The molecule has 1 saturated carbocycles. The summed E-state index contributed by atoms with van der Waals surface area (Å²) in [7, 11) is 1.67. The molecule has 4 aliphatic rings. The average Bonchev–Trinajstić information content (AvgIpc) is 2.91. The number of rotatable bonds is 3. The highest BCUT2D eigenvalue weighted by atomic mass is 16.6. The maximum atomic E-state index is 12.4. The first kappa shape index (κ1) is 13.6. The Labute approximate surface area is 129 Å². The smallest absolute Gasteiger partial charge is 0.416 e. The third kappa shape index (κ3) is 1.99. The molecule has 1 heterocycles. The number of amides is 2. The molecule has 1 unspecified atom stereocenters. The molecule has 22 heavy (non-hydrogen) atoms.